The topological polar surface area (TPSA) is 12.0 Å². The second-order valence-corrected chi connectivity index (χ2v) is 4.88. The number of alkyl halides is 1. The molecule has 1 nitrogen and oxygen atoms in total. The van der Waals surface area contributed by atoms with Gasteiger partial charge in [0.2, 0.25) is 0 Å². The molecule has 1 aliphatic rings. The van der Waals surface area contributed by atoms with Crippen LogP contribution in [0.2, 0.25) is 0 Å². The van der Waals surface area contributed by atoms with Crippen LogP contribution in [-0.2, 0) is 6.42 Å². The molecule has 1 N–H and O–H groups in total. The van der Waals surface area contributed by atoms with E-state index < -0.39 is 0 Å². The maximum atomic E-state index is 6.05. The molecule has 2 unspecified atom stereocenters. The molecule has 1 aliphatic carbocycles. The third-order valence-corrected chi connectivity index (χ3v) is 3.62. The average Bonchev–Trinajstić information content (AvgIpc) is 2.24. The first kappa shape index (κ1) is 11.0. The van der Waals surface area contributed by atoms with E-state index in [0.29, 0.717) is 5.92 Å². The molecule has 15 heavy (non-hydrogen) atoms. The molecular formula is C13H18ClN. The Bertz CT molecular complexity index is 324. The molecule has 0 fully saturated rings. The fourth-order valence-corrected chi connectivity index (χ4v) is 2.21. The van der Waals surface area contributed by atoms with E-state index in [2.05, 4.69) is 36.5 Å². The first-order chi connectivity index (χ1) is 7.31. The summed E-state index contributed by atoms with van der Waals surface area (Å²) in [4.78, 5) is 0. The van der Waals surface area contributed by atoms with Gasteiger partial charge in [-0.3, -0.25) is 0 Å². The van der Waals surface area contributed by atoms with E-state index >= 15 is 0 Å². The third kappa shape index (κ3) is 2.53. The largest absolute Gasteiger partial charge is 0.315 e. The van der Waals surface area contributed by atoms with Crippen molar-refractivity contribution in [2.45, 2.75) is 31.1 Å². The highest BCUT2D eigenvalue weighted by molar-refractivity contribution is 6.20. The Labute approximate surface area is 96.8 Å². The average molecular weight is 224 g/mol. The zero-order valence-corrected chi connectivity index (χ0v) is 9.93. The van der Waals surface area contributed by atoms with Crippen molar-refractivity contribution in [3.63, 3.8) is 0 Å². The van der Waals surface area contributed by atoms with E-state index in [1.54, 1.807) is 0 Å². The number of nitrogens with one attached hydrogen (secondary N) is 1. The molecule has 2 heteroatoms. The summed E-state index contributed by atoms with van der Waals surface area (Å²) >= 11 is 6.05. The first-order valence-corrected chi connectivity index (χ1v) is 6.17. The molecule has 2 rings (SSSR count). The Balaban J connectivity index is 1.75. The predicted octanol–water partition coefficient (Wildman–Crippen LogP) is 2.93. The van der Waals surface area contributed by atoms with Gasteiger partial charge >= 0.3 is 0 Å². The van der Waals surface area contributed by atoms with Gasteiger partial charge in [0.05, 0.1) is 0 Å². The summed E-state index contributed by atoms with van der Waals surface area (Å²) in [6, 6.07) is 8.71. The molecule has 1 aromatic carbocycles. The van der Waals surface area contributed by atoms with Crippen LogP contribution >= 0.6 is 11.6 Å². The zero-order chi connectivity index (χ0) is 10.7. The standard InChI is InChI=1S/C13H18ClN/c1-2-12(14)9-15-8-11-7-10-5-3-4-6-13(10)11/h3-6,11-12,15H,2,7-9H2,1H3. The summed E-state index contributed by atoms with van der Waals surface area (Å²) < 4.78 is 0. The van der Waals surface area contributed by atoms with Gasteiger partial charge in [-0.1, -0.05) is 31.2 Å². The van der Waals surface area contributed by atoms with Crippen molar-refractivity contribution in [2.24, 2.45) is 0 Å². The van der Waals surface area contributed by atoms with Gasteiger partial charge < -0.3 is 5.32 Å². The van der Waals surface area contributed by atoms with Crippen LogP contribution in [0.5, 0.6) is 0 Å². The minimum Gasteiger partial charge on any atom is -0.315 e. The molecular weight excluding hydrogens is 206 g/mol. The second kappa shape index (κ2) is 5.00. The normalized spacial score (nSPS) is 20.5. The van der Waals surface area contributed by atoms with Crippen LogP contribution in [0.15, 0.2) is 24.3 Å². The quantitative estimate of drug-likeness (QED) is 0.757. The van der Waals surface area contributed by atoms with Crippen molar-refractivity contribution in [1.82, 2.24) is 5.32 Å². The van der Waals surface area contributed by atoms with E-state index in [4.69, 9.17) is 11.6 Å². The Hall–Kier alpha value is -0.530. The number of benzene rings is 1. The maximum absolute atomic E-state index is 6.05. The van der Waals surface area contributed by atoms with Crippen LogP contribution in [-0.4, -0.2) is 18.5 Å². The van der Waals surface area contributed by atoms with E-state index in [9.17, 15) is 0 Å². The van der Waals surface area contributed by atoms with Crippen LogP contribution in [0.25, 0.3) is 0 Å². The molecule has 0 saturated heterocycles. The van der Waals surface area contributed by atoms with Crippen LogP contribution in [0.4, 0.5) is 0 Å². The lowest BCUT2D eigenvalue weighted by Crippen LogP contribution is -2.32. The molecule has 0 spiro atoms. The van der Waals surface area contributed by atoms with Gasteiger partial charge in [0.1, 0.15) is 0 Å². The maximum Gasteiger partial charge on any atom is 0.0458 e. The van der Waals surface area contributed by atoms with Crippen molar-refractivity contribution < 1.29 is 0 Å². The second-order valence-electron chi connectivity index (χ2n) is 4.26. The highest BCUT2D eigenvalue weighted by Gasteiger charge is 2.24. The van der Waals surface area contributed by atoms with Crippen LogP contribution in [0, 0.1) is 0 Å². The number of fused-ring (bicyclic) bond motifs is 1. The minimum atomic E-state index is 0.278. The summed E-state index contributed by atoms with van der Waals surface area (Å²) in [5, 5.41) is 3.73. The first-order valence-electron chi connectivity index (χ1n) is 5.74. The van der Waals surface area contributed by atoms with Crippen molar-refractivity contribution in [2.75, 3.05) is 13.1 Å². The van der Waals surface area contributed by atoms with E-state index in [1.807, 2.05) is 0 Å². The molecule has 0 amide bonds. The highest BCUT2D eigenvalue weighted by Crippen LogP contribution is 2.33. The fourth-order valence-electron chi connectivity index (χ4n) is 2.10. The van der Waals surface area contributed by atoms with Crippen LogP contribution < -0.4 is 5.32 Å². The molecule has 0 saturated carbocycles. The molecule has 82 valence electrons. The van der Waals surface area contributed by atoms with Gasteiger partial charge in [-0.25, -0.2) is 0 Å². The van der Waals surface area contributed by atoms with Crippen molar-refractivity contribution in [3.05, 3.63) is 35.4 Å². The number of hydrogen-bond acceptors (Lipinski definition) is 1. The lowest BCUT2D eigenvalue weighted by atomic mass is 9.77. The monoisotopic (exact) mass is 223 g/mol. The minimum absolute atomic E-state index is 0.278. The van der Waals surface area contributed by atoms with Crippen LogP contribution in [0.1, 0.15) is 30.4 Å². The van der Waals surface area contributed by atoms with Gasteiger partial charge in [-0.15, -0.1) is 11.6 Å². The summed E-state index contributed by atoms with van der Waals surface area (Å²) in [6.07, 6.45) is 2.26. The Morgan fingerprint density at radius 3 is 3.00 bits per heavy atom. The predicted molar refractivity (Wildman–Crippen MR) is 65.7 cm³/mol. The highest BCUT2D eigenvalue weighted by atomic mass is 35.5. The zero-order valence-electron chi connectivity index (χ0n) is 9.17. The lowest BCUT2D eigenvalue weighted by molar-refractivity contribution is 0.529. The Morgan fingerprint density at radius 2 is 2.27 bits per heavy atom. The molecule has 0 bridgehead atoms. The van der Waals surface area contributed by atoms with E-state index in [1.165, 1.54) is 17.5 Å². The van der Waals surface area contributed by atoms with E-state index in [0.717, 1.165) is 19.5 Å². The summed E-state index contributed by atoms with van der Waals surface area (Å²) in [7, 11) is 0. The molecule has 0 heterocycles. The van der Waals surface area contributed by atoms with Crippen molar-refractivity contribution >= 4 is 11.6 Å². The third-order valence-electron chi connectivity index (χ3n) is 3.16. The summed E-state index contributed by atoms with van der Waals surface area (Å²) in [5.74, 6) is 0.710. The lowest BCUT2D eigenvalue weighted by Gasteiger charge is -2.30. The smallest absolute Gasteiger partial charge is 0.0458 e. The molecule has 1 aromatic rings. The number of halogens is 1. The molecule has 2 atom stereocenters. The van der Waals surface area contributed by atoms with Crippen molar-refractivity contribution in [3.8, 4) is 0 Å². The molecule has 0 radical (unpaired) electrons. The fraction of sp³-hybridized carbons (Fsp3) is 0.538. The van der Waals surface area contributed by atoms with Crippen molar-refractivity contribution in [1.29, 1.82) is 0 Å². The summed E-state index contributed by atoms with van der Waals surface area (Å²) in [5.41, 5.74) is 3.04. The summed E-state index contributed by atoms with van der Waals surface area (Å²) in [6.45, 7) is 4.12. The van der Waals surface area contributed by atoms with E-state index in [-0.39, 0.29) is 5.38 Å². The Kier molecular flexibility index (Phi) is 3.66. The van der Waals surface area contributed by atoms with Gasteiger partial charge in [0.15, 0.2) is 0 Å². The van der Waals surface area contributed by atoms with Gasteiger partial charge in [-0.05, 0) is 24.0 Å². The SMILES string of the molecule is CCC(Cl)CNCC1Cc2ccccc21. The van der Waals surface area contributed by atoms with Gasteiger partial charge in [-0.2, -0.15) is 0 Å². The molecule has 0 aliphatic heterocycles. The molecule has 0 aromatic heterocycles. The number of hydrogen-bond donors (Lipinski definition) is 1. The number of rotatable bonds is 5. The van der Waals surface area contributed by atoms with Gasteiger partial charge in [0.25, 0.3) is 0 Å². The van der Waals surface area contributed by atoms with Gasteiger partial charge in [0, 0.05) is 24.4 Å². The van der Waals surface area contributed by atoms with Crippen LogP contribution in [0.3, 0.4) is 0 Å². The Morgan fingerprint density at radius 1 is 1.47 bits per heavy atom.